The summed E-state index contributed by atoms with van der Waals surface area (Å²) in [6, 6.07) is 6.81. The van der Waals surface area contributed by atoms with E-state index in [0.29, 0.717) is 5.56 Å². The molecule has 1 aromatic rings. The summed E-state index contributed by atoms with van der Waals surface area (Å²) in [4.78, 5) is 11.7. The summed E-state index contributed by atoms with van der Waals surface area (Å²) in [6.07, 6.45) is -0.489. The number of hydrogen-bond acceptors (Lipinski definition) is 4. The molecule has 1 atom stereocenters. The first kappa shape index (κ1) is 16.3. The minimum Gasteiger partial charge on any atom is -0.444 e. The van der Waals surface area contributed by atoms with E-state index in [4.69, 9.17) is 21.5 Å². The quantitative estimate of drug-likeness (QED) is 0.508. The molecular formula is C14H19ClN2O3. The Labute approximate surface area is 123 Å². The van der Waals surface area contributed by atoms with Crippen molar-refractivity contribution in [3.63, 3.8) is 0 Å². The first-order valence-corrected chi connectivity index (χ1v) is 6.58. The van der Waals surface area contributed by atoms with E-state index in [1.54, 1.807) is 39.0 Å². The van der Waals surface area contributed by atoms with Gasteiger partial charge >= 0.3 is 6.09 Å². The number of amides is 1. The Bertz CT molecular complexity index is 509. The van der Waals surface area contributed by atoms with Crippen LogP contribution in [0.1, 0.15) is 44.9 Å². The number of hydrogen-bond donors (Lipinski definition) is 2. The molecule has 0 heterocycles. The standard InChI is InChI=1S/C14H19ClN2O3/c1-9(16-13(18)20-14(2,3)4)10-6-5-7-11(8-10)12(15)17-19/h5-9,19H,1-4H3,(H,16,18)/b17-12-. The van der Waals surface area contributed by atoms with Crippen LogP contribution in [0.2, 0.25) is 0 Å². The Hall–Kier alpha value is -1.75. The van der Waals surface area contributed by atoms with E-state index in [2.05, 4.69) is 10.5 Å². The van der Waals surface area contributed by atoms with Crippen LogP contribution in [0.5, 0.6) is 0 Å². The molecule has 0 bridgehead atoms. The third-order valence-electron chi connectivity index (χ3n) is 2.45. The first-order chi connectivity index (χ1) is 9.23. The molecule has 0 fully saturated rings. The molecule has 5 nitrogen and oxygen atoms in total. The fourth-order valence-corrected chi connectivity index (χ4v) is 1.68. The number of nitrogens with one attached hydrogen (secondary N) is 1. The van der Waals surface area contributed by atoms with Gasteiger partial charge in [-0.3, -0.25) is 0 Å². The number of carbonyl (C=O) groups excluding carboxylic acids is 1. The summed E-state index contributed by atoms with van der Waals surface area (Å²) < 4.78 is 5.19. The lowest BCUT2D eigenvalue weighted by Crippen LogP contribution is -2.34. The zero-order valence-corrected chi connectivity index (χ0v) is 12.7. The van der Waals surface area contributed by atoms with Gasteiger partial charge in [0.2, 0.25) is 0 Å². The fraction of sp³-hybridized carbons (Fsp3) is 0.429. The van der Waals surface area contributed by atoms with E-state index in [0.717, 1.165) is 5.56 Å². The minimum absolute atomic E-state index is 0.00341. The van der Waals surface area contributed by atoms with Gasteiger partial charge in [-0.2, -0.15) is 0 Å². The highest BCUT2D eigenvalue weighted by Crippen LogP contribution is 2.17. The number of carbonyl (C=O) groups is 1. The monoisotopic (exact) mass is 298 g/mol. The maximum atomic E-state index is 11.7. The van der Waals surface area contributed by atoms with E-state index < -0.39 is 11.7 Å². The number of alkyl carbamates (subject to hydrolysis) is 1. The van der Waals surface area contributed by atoms with Gasteiger partial charge in [0.1, 0.15) is 5.60 Å². The third kappa shape index (κ3) is 5.09. The molecule has 20 heavy (non-hydrogen) atoms. The molecule has 0 saturated carbocycles. The van der Waals surface area contributed by atoms with Crippen molar-refractivity contribution in [3.05, 3.63) is 35.4 Å². The van der Waals surface area contributed by atoms with Gasteiger partial charge in [0.05, 0.1) is 6.04 Å². The van der Waals surface area contributed by atoms with E-state index in [-0.39, 0.29) is 11.2 Å². The summed E-state index contributed by atoms with van der Waals surface area (Å²) >= 11 is 5.75. The maximum absolute atomic E-state index is 11.7. The third-order valence-corrected chi connectivity index (χ3v) is 2.74. The van der Waals surface area contributed by atoms with Gasteiger partial charge in [0.25, 0.3) is 0 Å². The van der Waals surface area contributed by atoms with Crippen molar-refractivity contribution in [2.45, 2.75) is 39.3 Å². The predicted molar refractivity (Wildman–Crippen MR) is 78.4 cm³/mol. The summed E-state index contributed by atoms with van der Waals surface area (Å²) in [7, 11) is 0. The van der Waals surface area contributed by atoms with Crippen molar-refractivity contribution in [1.82, 2.24) is 5.32 Å². The Morgan fingerprint density at radius 3 is 2.65 bits per heavy atom. The van der Waals surface area contributed by atoms with Crippen molar-refractivity contribution in [1.29, 1.82) is 0 Å². The van der Waals surface area contributed by atoms with Crippen LogP contribution in [0.25, 0.3) is 0 Å². The number of benzene rings is 1. The minimum atomic E-state index is -0.543. The molecule has 1 amide bonds. The van der Waals surface area contributed by atoms with Crippen molar-refractivity contribution >= 4 is 22.9 Å². The molecule has 110 valence electrons. The molecule has 0 aliphatic rings. The molecule has 1 rings (SSSR count). The number of rotatable bonds is 3. The van der Waals surface area contributed by atoms with Gasteiger partial charge in [0, 0.05) is 5.56 Å². The normalized spacial score (nSPS) is 13.8. The molecule has 1 unspecified atom stereocenters. The van der Waals surface area contributed by atoms with Crippen LogP contribution in [0.3, 0.4) is 0 Å². The van der Waals surface area contributed by atoms with Gasteiger partial charge in [0.15, 0.2) is 5.17 Å². The molecule has 0 aliphatic heterocycles. The summed E-state index contributed by atoms with van der Waals surface area (Å²) in [5.74, 6) is 0. The Balaban J connectivity index is 2.78. The predicted octanol–water partition coefficient (Wildman–Crippen LogP) is 3.65. The molecule has 0 radical (unpaired) electrons. The zero-order valence-electron chi connectivity index (χ0n) is 12.0. The van der Waals surface area contributed by atoms with Crippen LogP contribution in [0.4, 0.5) is 4.79 Å². The Morgan fingerprint density at radius 1 is 1.45 bits per heavy atom. The van der Waals surface area contributed by atoms with Gasteiger partial charge in [-0.1, -0.05) is 35.0 Å². The van der Waals surface area contributed by atoms with E-state index >= 15 is 0 Å². The lowest BCUT2D eigenvalue weighted by molar-refractivity contribution is 0.0508. The summed E-state index contributed by atoms with van der Waals surface area (Å²) in [5.41, 5.74) is 0.859. The van der Waals surface area contributed by atoms with Crippen LogP contribution in [-0.2, 0) is 4.74 Å². The largest absolute Gasteiger partial charge is 0.444 e. The number of halogens is 1. The Morgan fingerprint density at radius 2 is 2.10 bits per heavy atom. The zero-order chi connectivity index (χ0) is 15.3. The summed E-state index contributed by atoms with van der Waals surface area (Å²) in [6.45, 7) is 7.23. The molecule has 0 aromatic heterocycles. The molecule has 1 aromatic carbocycles. The van der Waals surface area contributed by atoms with Crippen molar-refractivity contribution in [3.8, 4) is 0 Å². The average molecular weight is 299 g/mol. The van der Waals surface area contributed by atoms with Gasteiger partial charge in [-0.25, -0.2) is 4.79 Å². The lowest BCUT2D eigenvalue weighted by Gasteiger charge is -2.22. The molecule has 6 heteroatoms. The van der Waals surface area contributed by atoms with E-state index in [9.17, 15) is 4.79 Å². The average Bonchev–Trinajstić information content (AvgIpc) is 2.35. The van der Waals surface area contributed by atoms with Crippen molar-refractivity contribution in [2.24, 2.45) is 5.16 Å². The number of ether oxygens (including phenoxy) is 1. The topological polar surface area (TPSA) is 70.9 Å². The molecule has 0 spiro atoms. The lowest BCUT2D eigenvalue weighted by atomic mass is 10.1. The van der Waals surface area contributed by atoms with Crippen LogP contribution in [0.15, 0.2) is 29.4 Å². The highest BCUT2D eigenvalue weighted by Gasteiger charge is 2.18. The van der Waals surface area contributed by atoms with Gasteiger partial charge in [-0.15, -0.1) is 0 Å². The molecule has 2 N–H and O–H groups in total. The number of oxime groups is 1. The highest BCUT2D eigenvalue weighted by molar-refractivity contribution is 6.69. The van der Waals surface area contributed by atoms with Crippen molar-refractivity contribution in [2.75, 3.05) is 0 Å². The van der Waals surface area contributed by atoms with Gasteiger partial charge in [-0.05, 0) is 39.3 Å². The Kier molecular flexibility index (Phi) is 5.39. The van der Waals surface area contributed by atoms with Crippen LogP contribution in [-0.4, -0.2) is 22.1 Å². The van der Waals surface area contributed by atoms with Crippen molar-refractivity contribution < 1.29 is 14.7 Å². The first-order valence-electron chi connectivity index (χ1n) is 6.20. The maximum Gasteiger partial charge on any atom is 0.408 e. The second kappa shape index (κ2) is 6.61. The highest BCUT2D eigenvalue weighted by atomic mass is 35.5. The van der Waals surface area contributed by atoms with Gasteiger partial charge < -0.3 is 15.3 Å². The SMILES string of the molecule is CC(NC(=O)OC(C)(C)C)c1cccc(/C(Cl)=N/O)c1. The van der Waals surface area contributed by atoms with Crippen LogP contribution < -0.4 is 5.32 Å². The fourth-order valence-electron chi connectivity index (χ4n) is 1.56. The van der Waals surface area contributed by atoms with Crippen LogP contribution >= 0.6 is 11.6 Å². The number of nitrogens with zero attached hydrogens (tertiary/aromatic N) is 1. The van der Waals surface area contributed by atoms with Crippen LogP contribution in [0, 0.1) is 0 Å². The molecule has 0 aliphatic carbocycles. The molecular weight excluding hydrogens is 280 g/mol. The molecule has 0 saturated heterocycles. The second-order valence-corrected chi connectivity index (χ2v) is 5.74. The van der Waals surface area contributed by atoms with E-state index in [1.165, 1.54) is 0 Å². The summed E-state index contributed by atoms with van der Waals surface area (Å²) in [5, 5.41) is 14.3. The second-order valence-electron chi connectivity index (χ2n) is 5.38. The van der Waals surface area contributed by atoms with E-state index in [1.807, 2.05) is 13.0 Å². The smallest absolute Gasteiger partial charge is 0.408 e.